The highest BCUT2D eigenvalue weighted by Crippen LogP contribution is 2.22. The summed E-state index contributed by atoms with van der Waals surface area (Å²) in [5.74, 6) is -0.720. The summed E-state index contributed by atoms with van der Waals surface area (Å²) in [5.41, 5.74) is 1.97. The standard InChI is InChI=1S/C24H18N2O4/c27-22-21(23(28)26(24(29)25-22)19-9-5-2-6-10-19)15-17-11-13-20(14-12-17)30-16-18-7-3-1-4-8-18/h1-15H,16H2,(H,25,27,29)/b21-15+. The van der Waals surface area contributed by atoms with E-state index in [-0.39, 0.29) is 5.57 Å². The van der Waals surface area contributed by atoms with Gasteiger partial charge in [-0.05, 0) is 41.5 Å². The third-order valence-corrected chi connectivity index (χ3v) is 4.56. The quantitative estimate of drug-likeness (QED) is 0.522. The number of para-hydroxylation sites is 1. The largest absolute Gasteiger partial charge is 0.489 e. The van der Waals surface area contributed by atoms with Crippen LogP contribution in [-0.2, 0) is 16.2 Å². The fourth-order valence-electron chi connectivity index (χ4n) is 3.04. The average molecular weight is 398 g/mol. The van der Waals surface area contributed by atoms with Gasteiger partial charge in [0.2, 0.25) is 0 Å². The Hall–Kier alpha value is -4.19. The molecule has 0 atom stereocenters. The number of urea groups is 1. The van der Waals surface area contributed by atoms with Crippen molar-refractivity contribution < 1.29 is 19.1 Å². The number of anilines is 1. The number of amides is 4. The van der Waals surface area contributed by atoms with E-state index >= 15 is 0 Å². The predicted octanol–water partition coefficient (Wildman–Crippen LogP) is 3.93. The van der Waals surface area contributed by atoms with Crippen LogP contribution in [0.2, 0.25) is 0 Å². The molecule has 0 spiro atoms. The predicted molar refractivity (Wildman–Crippen MR) is 113 cm³/mol. The Morgan fingerprint density at radius 2 is 1.43 bits per heavy atom. The number of rotatable bonds is 5. The zero-order valence-electron chi connectivity index (χ0n) is 15.9. The maximum absolute atomic E-state index is 12.8. The molecule has 0 saturated carbocycles. The van der Waals surface area contributed by atoms with Crippen molar-refractivity contribution in [1.29, 1.82) is 0 Å². The summed E-state index contributed by atoms with van der Waals surface area (Å²) in [4.78, 5) is 38.2. The van der Waals surface area contributed by atoms with Gasteiger partial charge in [0.15, 0.2) is 0 Å². The van der Waals surface area contributed by atoms with Crippen LogP contribution in [0.1, 0.15) is 11.1 Å². The zero-order valence-corrected chi connectivity index (χ0v) is 15.9. The lowest BCUT2D eigenvalue weighted by atomic mass is 10.1. The molecule has 6 heteroatoms. The van der Waals surface area contributed by atoms with E-state index in [1.165, 1.54) is 6.08 Å². The van der Waals surface area contributed by atoms with Gasteiger partial charge in [0.25, 0.3) is 11.8 Å². The lowest BCUT2D eigenvalue weighted by Gasteiger charge is -2.26. The van der Waals surface area contributed by atoms with Gasteiger partial charge >= 0.3 is 6.03 Å². The number of imide groups is 2. The lowest BCUT2D eigenvalue weighted by Crippen LogP contribution is -2.54. The minimum Gasteiger partial charge on any atom is -0.489 e. The fraction of sp³-hybridized carbons (Fsp3) is 0.0417. The zero-order chi connectivity index (χ0) is 20.9. The van der Waals surface area contributed by atoms with Crippen molar-refractivity contribution in [3.8, 4) is 5.75 Å². The number of nitrogens with zero attached hydrogens (tertiary/aromatic N) is 1. The molecule has 1 N–H and O–H groups in total. The number of barbiturate groups is 1. The normalized spacial score (nSPS) is 15.3. The summed E-state index contributed by atoms with van der Waals surface area (Å²) < 4.78 is 5.75. The van der Waals surface area contributed by atoms with Crippen LogP contribution in [-0.4, -0.2) is 17.8 Å². The maximum Gasteiger partial charge on any atom is 0.335 e. The first-order valence-electron chi connectivity index (χ1n) is 9.35. The second-order valence-corrected chi connectivity index (χ2v) is 6.64. The highest BCUT2D eigenvalue weighted by Gasteiger charge is 2.36. The molecule has 1 saturated heterocycles. The summed E-state index contributed by atoms with van der Waals surface area (Å²) in [7, 11) is 0. The smallest absolute Gasteiger partial charge is 0.335 e. The number of nitrogens with one attached hydrogen (secondary N) is 1. The SMILES string of the molecule is O=C1NC(=O)N(c2ccccc2)C(=O)/C1=C/c1ccc(OCc2ccccc2)cc1. The van der Waals surface area contributed by atoms with Crippen LogP contribution >= 0.6 is 0 Å². The van der Waals surface area contributed by atoms with Crippen LogP contribution in [0.5, 0.6) is 5.75 Å². The fourth-order valence-corrected chi connectivity index (χ4v) is 3.04. The minimum absolute atomic E-state index is 0.114. The summed E-state index contributed by atoms with van der Waals surface area (Å²) in [6.45, 7) is 0.441. The number of ether oxygens (including phenoxy) is 1. The Kier molecular flexibility index (Phi) is 5.39. The van der Waals surface area contributed by atoms with Gasteiger partial charge < -0.3 is 4.74 Å². The number of benzene rings is 3. The van der Waals surface area contributed by atoms with E-state index in [1.807, 2.05) is 30.3 Å². The van der Waals surface area contributed by atoms with Crippen LogP contribution in [0, 0.1) is 0 Å². The molecule has 1 fully saturated rings. The molecule has 0 aliphatic carbocycles. The number of carbonyl (C=O) groups excluding carboxylic acids is 3. The molecular formula is C24H18N2O4. The molecule has 30 heavy (non-hydrogen) atoms. The van der Waals surface area contributed by atoms with Crippen molar-refractivity contribution in [1.82, 2.24) is 5.32 Å². The van der Waals surface area contributed by atoms with Crippen molar-refractivity contribution in [2.24, 2.45) is 0 Å². The Morgan fingerprint density at radius 1 is 0.800 bits per heavy atom. The summed E-state index contributed by atoms with van der Waals surface area (Å²) in [5, 5.41) is 2.21. The van der Waals surface area contributed by atoms with Gasteiger partial charge in [-0.2, -0.15) is 0 Å². The molecule has 1 aliphatic heterocycles. The van der Waals surface area contributed by atoms with E-state index in [1.54, 1.807) is 54.6 Å². The Morgan fingerprint density at radius 3 is 2.10 bits per heavy atom. The number of carbonyl (C=O) groups is 3. The third-order valence-electron chi connectivity index (χ3n) is 4.56. The van der Waals surface area contributed by atoms with Crippen molar-refractivity contribution in [3.63, 3.8) is 0 Å². The first kappa shape index (κ1) is 19.1. The second kappa shape index (κ2) is 8.45. The van der Waals surface area contributed by atoms with Gasteiger partial charge in [-0.3, -0.25) is 14.9 Å². The van der Waals surface area contributed by atoms with Crippen LogP contribution in [0.3, 0.4) is 0 Å². The average Bonchev–Trinajstić information content (AvgIpc) is 2.77. The molecule has 3 aromatic carbocycles. The van der Waals surface area contributed by atoms with Crippen molar-refractivity contribution in [3.05, 3.63) is 102 Å². The molecule has 148 valence electrons. The van der Waals surface area contributed by atoms with Crippen molar-refractivity contribution in [2.75, 3.05) is 4.90 Å². The van der Waals surface area contributed by atoms with Gasteiger partial charge in [0.05, 0.1) is 5.69 Å². The van der Waals surface area contributed by atoms with Crippen molar-refractivity contribution >= 4 is 29.6 Å². The molecular weight excluding hydrogens is 380 g/mol. The van der Waals surface area contributed by atoms with E-state index in [4.69, 9.17) is 4.74 Å². The number of hydrogen-bond donors (Lipinski definition) is 1. The van der Waals surface area contributed by atoms with E-state index < -0.39 is 17.8 Å². The minimum atomic E-state index is -0.766. The Labute approximate surface area is 173 Å². The molecule has 0 bridgehead atoms. The highest BCUT2D eigenvalue weighted by molar-refractivity contribution is 6.39. The Balaban J connectivity index is 1.52. The van der Waals surface area contributed by atoms with Gasteiger partial charge in [-0.15, -0.1) is 0 Å². The van der Waals surface area contributed by atoms with Gasteiger partial charge in [0.1, 0.15) is 17.9 Å². The Bertz CT molecular complexity index is 1110. The second-order valence-electron chi connectivity index (χ2n) is 6.64. The molecule has 3 aromatic rings. The summed E-state index contributed by atoms with van der Waals surface area (Å²) >= 11 is 0. The number of hydrogen-bond acceptors (Lipinski definition) is 4. The molecule has 1 heterocycles. The monoisotopic (exact) mass is 398 g/mol. The maximum atomic E-state index is 12.8. The molecule has 6 nitrogen and oxygen atoms in total. The van der Waals surface area contributed by atoms with E-state index in [9.17, 15) is 14.4 Å². The first-order valence-corrected chi connectivity index (χ1v) is 9.35. The third kappa shape index (κ3) is 4.12. The summed E-state index contributed by atoms with van der Waals surface area (Å²) in [6, 6.07) is 24.5. The molecule has 4 rings (SSSR count). The lowest BCUT2D eigenvalue weighted by molar-refractivity contribution is -0.122. The van der Waals surface area contributed by atoms with E-state index in [2.05, 4.69) is 5.32 Å². The van der Waals surface area contributed by atoms with Gasteiger partial charge in [-0.1, -0.05) is 60.7 Å². The topological polar surface area (TPSA) is 75.7 Å². The molecule has 1 aliphatic rings. The van der Waals surface area contributed by atoms with Crippen LogP contribution < -0.4 is 15.0 Å². The van der Waals surface area contributed by atoms with Gasteiger partial charge in [0, 0.05) is 0 Å². The molecule has 4 amide bonds. The van der Waals surface area contributed by atoms with E-state index in [0.29, 0.717) is 23.6 Å². The van der Waals surface area contributed by atoms with E-state index in [0.717, 1.165) is 10.5 Å². The van der Waals surface area contributed by atoms with Gasteiger partial charge in [-0.25, -0.2) is 9.69 Å². The molecule has 0 unspecified atom stereocenters. The highest BCUT2D eigenvalue weighted by atomic mass is 16.5. The van der Waals surface area contributed by atoms with Crippen LogP contribution in [0.4, 0.5) is 10.5 Å². The van der Waals surface area contributed by atoms with Crippen LogP contribution in [0.15, 0.2) is 90.5 Å². The van der Waals surface area contributed by atoms with Crippen LogP contribution in [0.25, 0.3) is 6.08 Å². The molecule has 0 aromatic heterocycles. The summed E-state index contributed by atoms with van der Waals surface area (Å²) in [6.07, 6.45) is 1.46. The van der Waals surface area contributed by atoms with Crippen molar-refractivity contribution in [2.45, 2.75) is 6.61 Å². The first-order chi connectivity index (χ1) is 14.6. The molecule has 0 radical (unpaired) electrons.